The molecule has 0 saturated heterocycles. The lowest BCUT2D eigenvalue weighted by Gasteiger charge is -2.10. The molecular weight excluding hydrogens is 305 g/mol. The number of hydrogen-bond acceptors (Lipinski definition) is 5. The first-order valence-corrected chi connectivity index (χ1v) is 7.81. The summed E-state index contributed by atoms with van der Waals surface area (Å²) in [6.07, 6.45) is 0.880. The number of rotatable bonds is 6. The highest BCUT2D eigenvalue weighted by Gasteiger charge is 2.19. The van der Waals surface area contributed by atoms with E-state index < -0.39 is 0 Å². The number of nitrogen functional groups attached to an aromatic ring is 1. The molecule has 6 nitrogen and oxygen atoms in total. The van der Waals surface area contributed by atoms with Gasteiger partial charge in [-0.2, -0.15) is 0 Å². The molecule has 1 aromatic carbocycles. The minimum Gasteiger partial charge on any atom is -0.355 e. The predicted octanol–water partition coefficient (Wildman–Crippen LogP) is 1.80. The zero-order valence-electron chi connectivity index (χ0n) is 12.4. The molecule has 3 N–H and O–H groups in total. The van der Waals surface area contributed by atoms with Crippen molar-refractivity contribution in [1.29, 1.82) is 0 Å². The fourth-order valence-corrected chi connectivity index (χ4v) is 2.55. The van der Waals surface area contributed by atoms with E-state index in [0.29, 0.717) is 23.1 Å². The summed E-state index contributed by atoms with van der Waals surface area (Å²) in [4.78, 5) is 11.9. The molecule has 0 saturated carbocycles. The summed E-state index contributed by atoms with van der Waals surface area (Å²) in [5.74, 6) is 5.99. The van der Waals surface area contributed by atoms with Crippen LogP contribution in [0.25, 0.3) is 11.4 Å². The van der Waals surface area contributed by atoms with Gasteiger partial charge in [0.2, 0.25) is 11.1 Å². The maximum absolute atomic E-state index is 12.9. The van der Waals surface area contributed by atoms with Crippen molar-refractivity contribution >= 4 is 17.7 Å². The molecule has 0 bridgehead atoms. The van der Waals surface area contributed by atoms with Crippen LogP contribution < -0.4 is 11.2 Å². The number of benzene rings is 1. The highest BCUT2D eigenvalue weighted by Crippen LogP contribution is 2.24. The second-order valence-electron chi connectivity index (χ2n) is 4.73. The second kappa shape index (κ2) is 7.26. The number of hydrogen-bond donors (Lipinski definition) is 2. The number of nitrogens with one attached hydrogen (secondary N) is 1. The molecule has 0 radical (unpaired) electrons. The number of carbonyl (C=O) groups is 1. The molecule has 22 heavy (non-hydrogen) atoms. The van der Waals surface area contributed by atoms with Crippen molar-refractivity contribution in [3.63, 3.8) is 0 Å². The summed E-state index contributed by atoms with van der Waals surface area (Å²) < 4.78 is 14.3. The number of thioether (sulfide) groups is 1. The van der Waals surface area contributed by atoms with Gasteiger partial charge in [0.05, 0.1) is 5.25 Å². The van der Waals surface area contributed by atoms with Crippen LogP contribution in [-0.2, 0) is 4.79 Å². The number of aromatic nitrogens is 3. The van der Waals surface area contributed by atoms with E-state index in [1.807, 2.05) is 6.92 Å². The SMILES string of the molecule is CCCNC(=O)[C@@H](C)Sc1nnc(-c2ccc(F)cc2)n1N. The van der Waals surface area contributed by atoms with Gasteiger partial charge in [0.1, 0.15) is 5.82 Å². The van der Waals surface area contributed by atoms with Gasteiger partial charge in [-0.3, -0.25) is 4.79 Å². The minimum absolute atomic E-state index is 0.0711. The van der Waals surface area contributed by atoms with Gasteiger partial charge >= 0.3 is 0 Å². The summed E-state index contributed by atoms with van der Waals surface area (Å²) >= 11 is 1.23. The molecule has 118 valence electrons. The fraction of sp³-hybridized carbons (Fsp3) is 0.357. The molecule has 0 aliphatic heterocycles. The highest BCUT2D eigenvalue weighted by molar-refractivity contribution is 8.00. The Bertz CT molecular complexity index is 643. The molecule has 0 fully saturated rings. The number of nitrogens with zero attached hydrogens (tertiary/aromatic N) is 3. The lowest BCUT2D eigenvalue weighted by molar-refractivity contribution is -0.120. The van der Waals surface area contributed by atoms with Gasteiger partial charge in [-0.15, -0.1) is 10.2 Å². The summed E-state index contributed by atoms with van der Waals surface area (Å²) in [5.41, 5.74) is 0.659. The van der Waals surface area contributed by atoms with E-state index in [0.717, 1.165) is 6.42 Å². The lowest BCUT2D eigenvalue weighted by atomic mass is 10.2. The third-order valence-electron chi connectivity index (χ3n) is 2.97. The number of carbonyl (C=O) groups excluding carboxylic acids is 1. The Morgan fingerprint density at radius 2 is 2.09 bits per heavy atom. The van der Waals surface area contributed by atoms with E-state index in [-0.39, 0.29) is 17.0 Å². The van der Waals surface area contributed by atoms with Gasteiger partial charge < -0.3 is 11.2 Å². The molecule has 0 aliphatic rings. The van der Waals surface area contributed by atoms with E-state index in [4.69, 9.17) is 5.84 Å². The smallest absolute Gasteiger partial charge is 0.233 e. The lowest BCUT2D eigenvalue weighted by Crippen LogP contribution is -2.31. The maximum atomic E-state index is 12.9. The molecular formula is C14H18FN5OS. The van der Waals surface area contributed by atoms with Crippen LogP contribution in [0.4, 0.5) is 4.39 Å². The summed E-state index contributed by atoms with van der Waals surface area (Å²) in [7, 11) is 0. The summed E-state index contributed by atoms with van der Waals surface area (Å²) in [6.45, 7) is 4.41. The van der Waals surface area contributed by atoms with Gasteiger partial charge in [0, 0.05) is 12.1 Å². The van der Waals surface area contributed by atoms with Gasteiger partial charge in [0.25, 0.3) is 0 Å². The van der Waals surface area contributed by atoms with Crippen LogP contribution in [0.2, 0.25) is 0 Å². The van der Waals surface area contributed by atoms with Crippen molar-refractivity contribution in [2.24, 2.45) is 0 Å². The normalized spacial score (nSPS) is 12.1. The Morgan fingerprint density at radius 1 is 1.41 bits per heavy atom. The molecule has 1 aromatic heterocycles. The predicted molar refractivity (Wildman–Crippen MR) is 84.2 cm³/mol. The zero-order chi connectivity index (χ0) is 16.1. The summed E-state index contributed by atoms with van der Waals surface area (Å²) in [5, 5.41) is 10.9. The van der Waals surface area contributed by atoms with E-state index in [1.54, 1.807) is 19.1 Å². The van der Waals surface area contributed by atoms with E-state index >= 15 is 0 Å². The fourth-order valence-electron chi connectivity index (χ4n) is 1.76. The minimum atomic E-state index is -0.334. The molecule has 1 atom stereocenters. The van der Waals surface area contributed by atoms with Gasteiger partial charge in [-0.05, 0) is 37.6 Å². The second-order valence-corrected chi connectivity index (χ2v) is 6.04. The largest absolute Gasteiger partial charge is 0.355 e. The molecule has 1 amide bonds. The molecule has 0 aliphatic carbocycles. The van der Waals surface area contributed by atoms with E-state index in [9.17, 15) is 9.18 Å². The standard InChI is InChI=1S/C14H18FN5OS/c1-3-8-17-13(21)9(2)22-14-19-18-12(20(14)16)10-4-6-11(15)7-5-10/h4-7,9H,3,8,16H2,1-2H3,(H,17,21)/t9-/m1/s1. The number of amides is 1. The zero-order valence-corrected chi connectivity index (χ0v) is 13.2. The topological polar surface area (TPSA) is 85.8 Å². The quantitative estimate of drug-likeness (QED) is 0.625. The van der Waals surface area contributed by atoms with Crippen LogP contribution >= 0.6 is 11.8 Å². The number of nitrogens with two attached hydrogens (primary N) is 1. The van der Waals surface area contributed by atoms with Crippen LogP contribution in [0, 0.1) is 5.82 Å². The Morgan fingerprint density at radius 3 is 2.73 bits per heavy atom. The van der Waals surface area contributed by atoms with E-state index in [1.165, 1.54) is 28.6 Å². The van der Waals surface area contributed by atoms with Gasteiger partial charge in [-0.25, -0.2) is 9.07 Å². The highest BCUT2D eigenvalue weighted by atomic mass is 32.2. The first kappa shape index (κ1) is 16.3. The van der Waals surface area contributed by atoms with Crippen LogP contribution in [0.1, 0.15) is 20.3 Å². The number of halogens is 1. The molecule has 0 spiro atoms. The Balaban J connectivity index is 2.11. The van der Waals surface area contributed by atoms with Crippen LogP contribution in [0.15, 0.2) is 29.4 Å². The van der Waals surface area contributed by atoms with Crippen molar-refractivity contribution in [3.05, 3.63) is 30.1 Å². The average molecular weight is 323 g/mol. The van der Waals surface area contributed by atoms with Crippen molar-refractivity contribution < 1.29 is 9.18 Å². The molecule has 2 rings (SSSR count). The maximum Gasteiger partial charge on any atom is 0.233 e. The Kier molecular flexibility index (Phi) is 5.37. The summed E-state index contributed by atoms with van der Waals surface area (Å²) in [6, 6.07) is 5.82. The van der Waals surface area contributed by atoms with Gasteiger partial charge in [0.15, 0.2) is 5.82 Å². The molecule has 0 unspecified atom stereocenters. The van der Waals surface area contributed by atoms with Crippen molar-refractivity contribution in [3.8, 4) is 11.4 Å². The molecule has 2 aromatic rings. The third-order valence-corrected chi connectivity index (χ3v) is 4.02. The molecule has 1 heterocycles. The van der Waals surface area contributed by atoms with Crippen LogP contribution in [-0.4, -0.2) is 32.6 Å². The molecule has 8 heteroatoms. The monoisotopic (exact) mass is 323 g/mol. The Hall–Kier alpha value is -2.09. The Labute approximate surface area is 132 Å². The third kappa shape index (κ3) is 3.76. The van der Waals surface area contributed by atoms with Gasteiger partial charge in [-0.1, -0.05) is 18.7 Å². The van der Waals surface area contributed by atoms with Crippen molar-refractivity contribution in [2.75, 3.05) is 12.4 Å². The van der Waals surface area contributed by atoms with Crippen molar-refractivity contribution in [2.45, 2.75) is 30.7 Å². The first-order chi connectivity index (χ1) is 10.5. The first-order valence-electron chi connectivity index (χ1n) is 6.93. The average Bonchev–Trinajstić information content (AvgIpc) is 2.86. The van der Waals surface area contributed by atoms with Crippen molar-refractivity contribution in [1.82, 2.24) is 20.2 Å². The van der Waals surface area contributed by atoms with E-state index in [2.05, 4.69) is 15.5 Å². The van der Waals surface area contributed by atoms with Crippen LogP contribution in [0.3, 0.4) is 0 Å². The van der Waals surface area contributed by atoms with Crippen LogP contribution in [0.5, 0.6) is 0 Å².